The van der Waals surface area contributed by atoms with Gasteiger partial charge < -0.3 is 9.84 Å². The van der Waals surface area contributed by atoms with Crippen LogP contribution in [0.1, 0.15) is 21.5 Å². The molecule has 0 saturated carbocycles. The van der Waals surface area contributed by atoms with Gasteiger partial charge in [0.15, 0.2) is 0 Å². The van der Waals surface area contributed by atoms with Crippen LogP contribution in [-0.2, 0) is 6.61 Å². The molecule has 1 N–H and O–H groups in total. The zero-order valence-corrected chi connectivity index (χ0v) is 11.1. The molecule has 2 rings (SSSR count). The van der Waals surface area contributed by atoms with Gasteiger partial charge in [-0.25, -0.2) is 4.79 Å². The van der Waals surface area contributed by atoms with Crippen LogP contribution in [0.4, 0.5) is 0 Å². The maximum atomic E-state index is 10.9. The highest BCUT2D eigenvalue weighted by molar-refractivity contribution is 6.31. The molecule has 0 aliphatic rings. The molecule has 0 aliphatic carbocycles. The van der Waals surface area contributed by atoms with E-state index in [4.69, 9.17) is 26.7 Å². The van der Waals surface area contributed by atoms with Crippen molar-refractivity contribution in [2.24, 2.45) is 0 Å². The summed E-state index contributed by atoms with van der Waals surface area (Å²) in [7, 11) is 0. The molecule has 0 saturated heterocycles. The largest absolute Gasteiger partial charge is 0.489 e. The van der Waals surface area contributed by atoms with Gasteiger partial charge in [0.25, 0.3) is 0 Å². The maximum absolute atomic E-state index is 10.9. The predicted octanol–water partition coefficient (Wildman–Crippen LogP) is 3.49. The summed E-state index contributed by atoms with van der Waals surface area (Å²) in [6, 6.07) is 13.2. The lowest BCUT2D eigenvalue weighted by atomic mass is 10.1. The van der Waals surface area contributed by atoms with E-state index in [-0.39, 0.29) is 12.2 Å². The Morgan fingerprint density at radius 2 is 2.10 bits per heavy atom. The van der Waals surface area contributed by atoms with E-state index < -0.39 is 5.97 Å². The maximum Gasteiger partial charge on any atom is 0.335 e. The van der Waals surface area contributed by atoms with Crippen LogP contribution in [0.3, 0.4) is 0 Å². The van der Waals surface area contributed by atoms with Gasteiger partial charge in [-0.3, -0.25) is 0 Å². The first-order valence-corrected chi connectivity index (χ1v) is 6.12. The van der Waals surface area contributed by atoms with Crippen LogP contribution in [0, 0.1) is 11.3 Å². The molecule has 0 amide bonds. The topological polar surface area (TPSA) is 70.3 Å². The van der Waals surface area contributed by atoms with Gasteiger partial charge in [-0.2, -0.15) is 5.26 Å². The number of ether oxygens (including phenoxy) is 1. The van der Waals surface area contributed by atoms with E-state index >= 15 is 0 Å². The molecule has 0 bridgehead atoms. The Morgan fingerprint density at radius 3 is 2.75 bits per heavy atom. The quantitative estimate of drug-likeness (QED) is 0.934. The van der Waals surface area contributed by atoms with E-state index in [1.165, 1.54) is 6.07 Å². The molecule has 0 atom stereocenters. The van der Waals surface area contributed by atoms with Gasteiger partial charge in [-0.15, -0.1) is 0 Å². The monoisotopic (exact) mass is 287 g/mol. The number of carbonyl (C=O) groups is 1. The number of hydrogen-bond acceptors (Lipinski definition) is 3. The highest BCUT2D eigenvalue weighted by Gasteiger charge is 2.05. The predicted molar refractivity (Wildman–Crippen MR) is 73.9 cm³/mol. The molecule has 0 fully saturated rings. The van der Waals surface area contributed by atoms with E-state index in [0.717, 1.165) is 5.56 Å². The molecule has 0 unspecified atom stereocenters. The first kappa shape index (κ1) is 13.9. The number of hydrogen-bond donors (Lipinski definition) is 1. The Morgan fingerprint density at radius 1 is 1.30 bits per heavy atom. The highest BCUT2D eigenvalue weighted by Crippen LogP contribution is 2.22. The fourth-order valence-corrected chi connectivity index (χ4v) is 1.85. The van der Waals surface area contributed by atoms with Gasteiger partial charge in [-0.05, 0) is 29.8 Å². The van der Waals surface area contributed by atoms with Crippen LogP contribution in [0.5, 0.6) is 5.75 Å². The number of rotatable bonds is 4. The Hall–Kier alpha value is -2.51. The van der Waals surface area contributed by atoms with Gasteiger partial charge in [-0.1, -0.05) is 23.7 Å². The SMILES string of the molecule is N#Cc1ccc(OCc2cccc(C(=O)O)c2)cc1Cl. The molecular weight excluding hydrogens is 278 g/mol. The third-order valence-electron chi connectivity index (χ3n) is 2.64. The number of nitrogens with zero attached hydrogens (tertiary/aromatic N) is 1. The number of nitriles is 1. The average Bonchev–Trinajstić information content (AvgIpc) is 2.45. The second-order valence-corrected chi connectivity index (χ2v) is 4.45. The molecule has 4 nitrogen and oxygen atoms in total. The third-order valence-corrected chi connectivity index (χ3v) is 2.95. The number of benzene rings is 2. The van der Waals surface area contributed by atoms with Crippen molar-refractivity contribution in [3.63, 3.8) is 0 Å². The zero-order chi connectivity index (χ0) is 14.5. The molecule has 5 heteroatoms. The Labute approximate surface area is 120 Å². The average molecular weight is 288 g/mol. The second-order valence-electron chi connectivity index (χ2n) is 4.05. The van der Waals surface area contributed by atoms with E-state index in [9.17, 15) is 4.79 Å². The van der Waals surface area contributed by atoms with Crippen molar-refractivity contribution in [2.75, 3.05) is 0 Å². The van der Waals surface area contributed by atoms with E-state index in [2.05, 4.69) is 0 Å². The molecule has 0 spiro atoms. The van der Waals surface area contributed by atoms with E-state index in [1.54, 1.807) is 36.4 Å². The summed E-state index contributed by atoms with van der Waals surface area (Å²) in [6.07, 6.45) is 0. The van der Waals surface area contributed by atoms with Gasteiger partial charge in [0.05, 0.1) is 16.1 Å². The summed E-state index contributed by atoms with van der Waals surface area (Å²) in [5.41, 5.74) is 1.33. The van der Waals surface area contributed by atoms with E-state index in [1.807, 2.05) is 6.07 Å². The van der Waals surface area contributed by atoms with Crippen molar-refractivity contribution in [1.82, 2.24) is 0 Å². The fourth-order valence-electron chi connectivity index (χ4n) is 1.64. The summed E-state index contributed by atoms with van der Waals surface area (Å²) in [6.45, 7) is 0.226. The number of carboxylic acid groups (broad SMARTS) is 1. The van der Waals surface area contributed by atoms with Gasteiger partial charge in [0, 0.05) is 6.07 Å². The van der Waals surface area contributed by atoms with Crippen molar-refractivity contribution in [2.45, 2.75) is 6.61 Å². The van der Waals surface area contributed by atoms with Crippen molar-refractivity contribution >= 4 is 17.6 Å². The standard InChI is InChI=1S/C15H10ClNO3/c16-14-7-13(5-4-12(14)8-17)20-9-10-2-1-3-11(6-10)15(18)19/h1-7H,9H2,(H,18,19). The highest BCUT2D eigenvalue weighted by atomic mass is 35.5. The Bertz CT molecular complexity index is 692. The van der Waals surface area contributed by atoms with Crippen LogP contribution in [0.2, 0.25) is 5.02 Å². The molecule has 2 aromatic rings. The molecular formula is C15H10ClNO3. The van der Waals surface area contributed by atoms with Gasteiger partial charge in [0.1, 0.15) is 18.4 Å². The lowest BCUT2D eigenvalue weighted by molar-refractivity contribution is 0.0696. The molecule has 2 aromatic carbocycles. The zero-order valence-electron chi connectivity index (χ0n) is 10.3. The summed E-state index contributed by atoms with van der Waals surface area (Å²) < 4.78 is 5.52. The number of carboxylic acids is 1. The van der Waals surface area contributed by atoms with Gasteiger partial charge in [0.2, 0.25) is 0 Å². The molecule has 0 aliphatic heterocycles. The minimum atomic E-state index is -0.978. The lowest BCUT2D eigenvalue weighted by Crippen LogP contribution is -2.00. The first-order chi connectivity index (χ1) is 9.60. The lowest BCUT2D eigenvalue weighted by Gasteiger charge is -2.07. The van der Waals surface area contributed by atoms with Crippen molar-refractivity contribution < 1.29 is 14.6 Å². The first-order valence-electron chi connectivity index (χ1n) is 5.75. The summed E-state index contributed by atoms with van der Waals surface area (Å²) in [5.74, 6) is -0.456. The number of halogens is 1. The van der Waals surface area contributed by atoms with E-state index in [0.29, 0.717) is 16.3 Å². The molecule has 0 radical (unpaired) electrons. The smallest absolute Gasteiger partial charge is 0.335 e. The normalized spacial score (nSPS) is 9.80. The van der Waals surface area contributed by atoms with Crippen LogP contribution >= 0.6 is 11.6 Å². The van der Waals surface area contributed by atoms with Crippen LogP contribution in [0.25, 0.3) is 0 Å². The van der Waals surface area contributed by atoms with Crippen LogP contribution in [-0.4, -0.2) is 11.1 Å². The molecule has 20 heavy (non-hydrogen) atoms. The fraction of sp³-hybridized carbons (Fsp3) is 0.0667. The Balaban J connectivity index is 2.09. The molecule has 0 heterocycles. The minimum Gasteiger partial charge on any atom is -0.489 e. The van der Waals surface area contributed by atoms with Crippen LogP contribution < -0.4 is 4.74 Å². The molecule has 0 aromatic heterocycles. The molecule has 100 valence electrons. The second kappa shape index (κ2) is 6.09. The van der Waals surface area contributed by atoms with Crippen molar-refractivity contribution in [3.05, 3.63) is 64.2 Å². The van der Waals surface area contributed by atoms with Crippen LogP contribution in [0.15, 0.2) is 42.5 Å². The summed E-state index contributed by atoms with van der Waals surface area (Å²) in [5, 5.41) is 18.0. The third kappa shape index (κ3) is 3.28. The van der Waals surface area contributed by atoms with Crippen molar-refractivity contribution in [1.29, 1.82) is 5.26 Å². The summed E-state index contributed by atoms with van der Waals surface area (Å²) >= 11 is 5.90. The summed E-state index contributed by atoms with van der Waals surface area (Å²) in [4.78, 5) is 10.9. The number of aromatic carboxylic acids is 1. The van der Waals surface area contributed by atoms with Gasteiger partial charge >= 0.3 is 5.97 Å². The Kier molecular flexibility index (Phi) is 4.24. The van der Waals surface area contributed by atoms with Crippen molar-refractivity contribution in [3.8, 4) is 11.8 Å². The minimum absolute atomic E-state index is 0.212.